The average Bonchev–Trinajstić information content (AvgIpc) is 2.80. The van der Waals surface area contributed by atoms with Gasteiger partial charge in [0.1, 0.15) is 5.82 Å². The Hall–Kier alpha value is -1.42. The minimum Gasteiger partial charge on any atom is -0.315 e. The van der Waals surface area contributed by atoms with E-state index in [9.17, 15) is 4.39 Å². The molecule has 116 valence electrons. The smallest absolute Gasteiger partial charge is 0.123 e. The second-order valence-electron chi connectivity index (χ2n) is 5.62. The Bertz CT molecular complexity index is 607. The van der Waals surface area contributed by atoms with Crippen molar-refractivity contribution in [2.75, 3.05) is 26.2 Å². The topological polar surface area (TPSA) is 15.3 Å². The Morgan fingerprint density at radius 3 is 2.55 bits per heavy atom. The minimum absolute atomic E-state index is 0.0641. The van der Waals surface area contributed by atoms with Crippen molar-refractivity contribution in [1.29, 1.82) is 0 Å². The first-order valence-corrected chi connectivity index (χ1v) is 8.08. The van der Waals surface area contributed by atoms with Crippen LogP contribution in [0.2, 0.25) is 5.02 Å². The zero-order valence-corrected chi connectivity index (χ0v) is 13.2. The van der Waals surface area contributed by atoms with Crippen molar-refractivity contribution in [1.82, 2.24) is 10.2 Å². The molecular formula is C18H20ClFN2. The molecule has 1 atom stereocenters. The molecule has 2 aromatic carbocycles. The zero-order valence-electron chi connectivity index (χ0n) is 12.4. The molecule has 0 radical (unpaired) electrons. The lowest BCUT2D eigenvalue weighted by Crippen LogP contribution is -2.33. The lowest BCUT2D eigenvalue weighted by atomic mass is 9.96. The summed E-state index contributed by atoms with van der Waals surface area (Å²) in [5.74, 6) is -0.209. The van der Waals surface area contributed by atoms with Crippen molar-refractivity contribution in [2.24, 2.45) is 0 Å². The van der Waals surface area contributed by atoms with Crippen LogP contribution >= 0.6 is 11.6 Å². The van der Waals surface area contributed by atoms with Gasteiger partial charge in [-0.1, -0.05) is 41.9 Å². The fraction of sp³-hybridized carbons (Fsp3) is 0.333. The largest absolute Gasteiger partial charge is 0.315 e. The number of benzene rings is 2. The van der Waals surface area contributed by atoms with Gasteiger partial charge in [0.2, 0.25) is 0 Å². The van der Waals surface area contributed by atoms with E-state index < -0.39 is 0 Å². The Morgan fingerprint density at radius 2 is 1.77 bits per heavy atom. The number of hydrogen-bond acceptors (Lipinski definition) is 2. The van der Waals surface area contributed by atoms with Crippen LogP contribution in [0, 0.1) is 5.82 Å². The molecule has 0 bridgehead atoms. The summed E-state index contributed by atoms with van der Waals surface area (Å²) < 4.78 is 13.3. The number of hydrogen-bond donors (Lipinski definition) is 1. The summed E-state index contributed by atoms with van der Waals surface area (Å²) in [6.07, 6.45) is 1.10. The van der Waals surface area contributed by atoms with Crippen LogP contribution in [0.3, 0.4) is 0 Å². The number of halogens is 2. The van der Waals surface area contributed by atoms with Crippen molar-refractivity contribution in [3.8, 4) is 0 Å². The summed E-state index contributed by atoms with van der Waals surface area (Å²) in [4.78, 5) is 2.43. The average molecular weight is 319 g/mol. The van der Waals surface area contributed by atoms with E-state index >= 15 is 0 Å². The normalized spacial score (nSPS) is 17.9. The van der Waals surface area contributed by atoms with Crippen LogP contribution in [-0.4, -0.2) is 31.1 Å². The highest BCUT2D eigenvalue weighted by molar-refractivity contribution is 6.31. The quantitative estimate of drug-likeness (QED) is 0.924. The second-order valence-corrected chi connectivity index (χ2v) is 6.02. The van der Waals surface area contributed by atoms with Gasteiger partial charge in [-0.05, 0) is 42.3 Å². The predicted octanol–water partition coefficient (Wildman–Crippen LogP) is 3.86. The Kier molecular flexibility index (Phi) is 5.08. The van der Waals surface area contributed by atoms with Crippen molar-refractivity contribution in [3.05, 3.63) is 70.5 Å². The maximum Gasteiger partial charge on any atom is 0.123 e. The van der Waals surface area contributed by atoms with Gasteiger partial charge < -0.3 is 5.32 Å². The molecule has 1 unspecified atom stereocenters. The maximum atomic E-state index is 13.3. The third-order valence-electron chi connectivity index (χ3n) is 4.13. The lowest BCUT2D eigenvalue weighted by Gasteiger charge is -2.32. The Balaban J connectivity index is 2.01. The van der Waals surface area contributed by atoms with Crippen molar-refractivity contribution >= 4 is 11.6 Å². The van der Waals surface area contributed by atoms with E-state index in [1.165, 1.54) is 12.1 Å². The van der Waals surface area contributed by atoms with Gasteiger partial charge in [-0.3, -0.25) is 4.90 Å². The predicted molar refractivity (Wildman–Crippen MR) is 88.8 cm³/mol. The number of rotatable bonds is 3. The summed E-state index contributed by atoms with van der Waals surface area (Å²) in [6.45, 7) is 3.95. The molecule has 3 rings (SSSR count). The second kappa shape index (κ2) is 7.23. The monoisotopic (exact) mass is 318 g/mol. The Labute approximate surface area is 135 Å². The van der Waals surface area contributed by atoms with Crippen LogP contribution < -0.4 is 5.32 Å². The van der Waals surface area contributed by atoms with Gasteiger partial charge in [-0.25, -0.2) is 4.39 Å². The summed E-state index contributed by atoms with van der Waals surface area (Å²) in [7, 11) is 0. The van der Waals surface area contributed by atoms with Gasteiger partial charge in [0.15, 0.2) is 0 Å². The van der Waals surface area contributed by atoms with Gasteiger partial charge >= 0.3 is 0 Å². The van der Waals surface area contributed by atoms with Crippen LogP contribution in [0.25, 0.3) is 0 Å². The van der Waals surface area contributed by atoms with Crippen molar-refractivity contribution < 1.29 is 4.39 Å². The highest BCUT2D eigenvalue weighted by Gasteiger charge is 2.24. The molecule has 0 aromatic heterocycles. The zero-order chi connectivity index (χ0) is 15.4. The SMILES string of the molecule is Fc1ccc(C(c2ccccc2Cl)N2CCCNCC2)cc1. The van der Waals surface area contributed by atoms with Gasteiger partial charge in [0.25, 0.3) is 0 Å². The van der Waals surface area contributed by atoms with Gasteiger partial charge in [-0.2, -0.15) is 0 Å². The highest BCUT2D eigenvalue weighted by Crippen LogP contribution is 2.33. The van der Waals surface area contributed by atoms with Crippen LogP contribution in [0.15, 0.2) is 48.5 Å². The fourth-order valence-corrected chi connectivity index (χ4v) is 3.29. The first-order chi connectivity index (χ1) is 10.8. The first-order valence-electron chi connectivity index (χ1n) is 7.70. The third kappa shape index (κ3) is 3.49. The molecule has 0 aliphatic carbocycles. The number of nitrogens with one attached hydrogen (secondary N) is 1. The summed E-state index contributed by atoms with van der Waals surface area (Å²) >= 11 is 6.44. The van der Waals surface area contributed by atoms with Gasteiger partial charge in [-0.15, -0.1) is 0 Å². The molecule has 0 amide bonds. The molecular weight excluding hydrogens is 299 g/mol. The molecule has 1 fully saturated rings. The van der Waals surface area contributed by atoms with Crippen molar-refractivity contribution in [3.63, 3.8) is 0 Å². The number of nitrogens with zero attached hydrogens (tertiary/aromatic N) is 1. The molecule has 1 saturated heterocycles. The van der Waals surface area contributed by atoms with Crippen LogP contribution in [0.5, 0.6) is 0 Å². The maximum absolute atomic E-state index is 13.3. The minimum atomic E-state index is -0.209. The molecule has 2 aromatic rings. The first kappa shape index (κ1) is 15.5. The van der Waals surface area contributed by atoms with Crippen molar-refractivity contribution in [2.45, 2.75) is 12.5 Å². The summed E-state index contributed by atoms with van der Waals surface area (Å²) in [5, 5.41) is 4.18. The van der Waals surface area contributed by atoms with E-state index in [-0.39, 0.29) is 11.9 Å². The highest BCUT2D eigenvalue weighted by atomic mass is 35.5. The van der Waals surface area contributed by atoms with Crippen LogP contribution in [-0.2, 0) is 0 Å². The van der Waals surface area contributed by atoms with Crippen LogP contribution in [0.4, 0.5) is 4.39 Å². The summed E-state index contributed by atoms with van der Waals surface area (Å²) in [5.41, 5.74) is 2.16. The molecule has 4 heteroatoms. The molecule has 1 aliphatic rings. The third-order valence-corrected chi connectivity index (χ3v) is 4.47. The Morgan fingerprint density at radius 1 is 1.00 bits per heavy atom. The van der Waals surface area contributed by atoms with E-state index in [0.29, 0.717) is 0 Å². The van der Waals surface area contributed by atoms with E-state index in [1.54, 1.807) is 0 Å². The fourth-order valence-electron chi connectivity index (χ4n) is 3.05. The van der Waals surface area contributed by atoms with Gasteiger partial charge in [0.05, 0.1) is 6.04 Å². The van der Waals surface area contributed by atoms with E-state index in [1.807, 2.05) is 30.3 Å². The molecule has 1 N–H and O–H groups in total. The lowest BCUT2D eigenvalue weighted by molar-refractivity contribution is 0.241. The molecule has 22 heavy (non-hydrogen) atoms. The van der Waals surface area contributed by atoms with E-state index in [0.717, 1.165) is 48.7 Å². The standard InChI is InChI=1S/C18H20ClFN2/c19-17-5-2-1-4-16(17)18(14-6-8-15(20)9-7-14)22-12-3-10-21-11-13-22/h1-2,4-9,18,21H,3,10-13H2. The van der Waals surface area contributed by atoms with E-state index in [2.05, 4.69) is 16.3 Å². The van der Waals surface area contributed by atoms with Crippen LogP contribution in [0.1, 0.15) is 23.6 Å². The van der Waals surface area contributed by atoms with E-state index in [4.69, 9.17) is 11.6 Å². The molecule has 1 heterocycles. The van der Waals surface area contributed by atoms with Gasteiger partial charge in [0, 0.05) is 24.7 Å². The molecule has 0 saturated carbocycles. The molecule has 0 spiro atoms. The molecule has 2 nitrogen and oxygen atoms in total. The molecule has 1 aliphatic heterocycles. The summed E-state index contributed by atoms with van der Waals surface area (Å²) in [6, 6.07) is 14.8.